The van der Waals surface area contributed by atoms with Crippen LogP contribution in [0, 0.1) is 0 Å². The molecule has 1 aromatic heterocycles. The molecule has 1 fully saturated rings. The minimum absolute atomic E-state index is 0.0292. The van der Waals surface area contributed by atoms with E-state index in [1.807, 2.05) is 24.3 Å². The van der Waals surface area contributed by atoms with Gasteiger partial charge in [-0.3, -0.25) is 4.79 Å². The summed E-state index contributed by atoms with van der Waals surface area (Å²) in [7, 11) is 4.29. The lowest BCUT2D eigenvalue weighted by Gasteiger charge is -2.34. The van der Waals surface area contributed by atoms with Crippen molar-refractivity contribution in [3.8, 4) is 0 Å². The molecule has 142 valence electrons. The van der Waals surface area contributed by atoms with Crippen LogP contribution in [0.2, 0.25) is 0 Å². The SMILES string of the molecule is CN1CCN(c2c(/C=C3\C(=O)Nc4ccccc43)c3ccccc3n2C)CC1. The van der Waals surface area contributed by atoms with Crippen molar-refractivity contribution in [3.63, 3.8) is 0 Å². The molecule has 0 atom stereocenters. The summed E-state index contributed by atoms with van der Waals surface area (Å²) in [4.78, 5) is 17.5. The summed E-state index contributed by atoms with van der Waals surface area (Å²) < 4.78 is 2.27. The highest BCUT2D eigenvalue weighted by molar-refractivity contribution is 6.35. The van der Waals surface area contributed by atoms with Crippen molar-refractivity contribution in [1.82, 2.24) is 9.47 Å². The molecule has 0 saturated carbocycles. The van der Waals surface area contributed by atoms with E-state index in [4.69, 9.17) is 0 Å². The summed E-state index contributed by atoms with van der Waals surface area (Å²) >= 11 is 0. The first kappa shape index (κ1) is 17.1. The number of para-hydroxylation sites is 2. The minimum atomic E-state index is -0.0292. The highest BCUT2D eigenvalue weighted by Crippen LogP contribution is 2.38. The number of anilines is 2. The van der Waals surface area contributed by atoms with Gasteiger partial charge in [-0.05, 0) is 25.3 Å². The number of carbonyl (C=O) groups excluding carboxylic acids is 1. The summed E-state index contributed by atoms with van der Waals surface area (Å²) in [5.41, 5.74) is 4.92. The standard InChI is InChI=1S/C23H24N4O/c1-25-11-13-27(14-12-25)23-19(17-8-4-6-10-21(17)26(23)2)15-18-16-7-3-5-9-20(16)24-22(18)28/h3-10,15H,11-14H2,1-2H3,(H,24,28)/b18-15-. The lowest BCUT2D eigenvalue weighted by atomic mass is 10.0. The molecule has 0 radical (unpaired) electrons. The number of fused-ring (bicyclic) bond motifs is 2. The summed E-state index contributed by atoms with van der Waals surface area (Å²) in [6.45, 7) is 4.06. The number of rotatable bonds is 2. The zero-order chi connectivity index (χ0) is 19.3. The number of nitrogens with zero attached hydrogens (tertiary/aromatic N) is 3. The fraction of sp³-hybridized carbons (Fsp3) is 0.261. The van der Waals surface area contributed by atoms with Gasteiger partial charge in [0.15, 0.2) is 0 Å². The normalized spacial score (nSPS) is 18.7. The van der Waals surface area contributed by atoms with Crippen molar-refractivity contribution in [3.05, 3.63) is 59.7 Å². The van der Waals surface area contributed by atoms with Crippen LogP contribution in [0.4, 0.5) is 11.5 Å². The third-order valence-corrected chi connectivity index (χ3v) is 5.92. The third-order valence-electron chi connectivity index (χ3n) is 5.92. The quantitative estimate of drug-likeness (QED) is 0.701. The number of hydrogen-bond donors (Lipinski definition) is 1. The van der Waals surface area contributed by atoms with Gasteiger partial charge in [-0.1, -0.05) is 36.4 Å². The van der Waals surface area contributed by atoms with Crippen LogP contribution in [-0.4, -0.2) is 48.6 Å². The maximum Gasteiger partial charge on any atom is 0.256 e. The van der Waals surface area contributed by atoms with E-state index in [0.29, 0.717) is 0 Å². The molecule has 0 unspecified atom stereocenters. The Labute approximate surface area is 164 Å². The maximum atomic E-state index is 12.7. The lowest BCUT2D eigenvalue weighted by Crippen LogP contribution is -2.45. The van der Waals surface area contributed by atoms with Crippen LogP contribution in [0.15, 0.2) is 48.5 Å². The predicted octanol–water partition coefficient (Wildman–Crippen LogP) is 3.42. The van der Waals surface area contributed by atoms with Gasteiger partial charge in [-0.15, -0.1) is 0 Å². The van der Waals surface area contributed by atoms with Gasteiger partial charge in [0.1, 0.15) is 5.82 Å². The second-order valence-corrected chi connectivity index (χ2v) is 7.66. The van der Waals surface area contributed by atoms with Crippen molar-refractivity contribution >= 4 is 40.0 Å². The van der Waals surface area contributed by atoms with E-state index in [1.165, 1.54) is 16.7 Å². The van der Waals surface area contributed by atoms with Crippen molar-refractivity contribution < 1.29 is 4.79 Å². The second kappa shape index (κ2) is 6.53. The topological polar surface area (TPSA) is 40.5 Å². The Morgan fingerprint density at radius 3 is 2.46 bits per heavy atom. The second-order valence-electron chi connectivity index (χ2n) is 7.66. The average molecular weight is 372 g/mol. The number of aryl methyl sites for hydroxylation is 1. The molecule has 5 rings (SSSR count). The van der Waals surface area contributed by atoms with Gasteiger partial charge < -0.3 is 19.7 Å². The molecular formula is C23H24N4O. The van der Waals surface area contributed by atoms with Gasteiger partial charge in [0.2, 0.25) is 0 Å². The van der Waals surface area contributed by atoms with Crippen LogP contribution in [0.3, 0.4) is 0 Å². The number of carbonyl (C=O) groups is 1. The molecule has 0 aliphatic carbocycles. The predicted molar refractivity (Wildman–Crippen MR) is 116 cm³/mol. The fourth-order valence-corrected chi connectivity index (χ4v) is 4.38. The summed E-state index contributed by atoms with van der Waals surface area (Å²) in [5, 5.41) is 4.18. The average Bonchev–Trinajstić information content (AvgIpc) is 3.18. The van der Waals surface area contributed by atoms with Crippen LogP contribution in [-0.2, 0) is 11.8 Å². The Morgan fingerprint density at radius 1 is 0.929 bits per heavy atom. The first-order chi connectivity index (χ1) is 13.6. The lowest BCUT2D eigenvalue weighted by molar-refractivity contribution is -0.110. The van der Waals surface area contributed by atoms with E-state index in [9.17, 15) is 4.79 Å². The van der Waals surface area contributed by atoms with Crippen LogP contribution in [0.1, 0.15) is 11.1 Å². The molecule has 1 saturated heterocycles. The summed E-state index contributed by atoms with van der Waals surface area (Å²) in [6, 6.07) is 16.4. The number of piperazine rings is 1. The molecule has 0 spiro atoms. The number of nitrogens with one attached hydrogen (secondary N) is 1. The number of hydrogen-bond acceptors (Lipinski definition) is 3. The summed E-state index contributed by atoms with van der Waals surface area (Å²) in [6.07, 6.45) is 2.08. The van der Waals surface area contributed by atoms with Crippen LogP contribution in [0.5, 0.6) is 0 Å². The largest absolute Gasteiger partial charge is 0.355 e. The number of likely N-dealkylation sites (N-methyl/N-ethyl adjacent to an activating group) is 1. The zero-order valence-electron chi connectivity index (χ0n) is 16.3. The van der Waals surface area contributed by atoms with E-state index in [2.05, 4.69) is 64.1 Å². The fourth-order valence-electron chi connectivity index (χ4n) is 4.38. The minimum Gasteiger partial charge on any atom is -0.355 e. The Kier molecular flexibility index (Phi) is 3.98. The molecule has 3 heterocycles. The number of amides is 1. The molecule has 5 heteroatoms. The molecule has 1 N–H and O–H groups in total. The molecule has 28 heavy (non-hydrogen) atoms. The molecule has 2 aliphatic heterocycles. The number of aromatic nitrogens is 1. The van der Waals surface area contributed by atoms with Crippen LogP contribution < -0.4 is 10.2 Å². The Bertz CT molecular complexity index is 1100. The Balaban J connectivity index is 1.71. The zero-order valence-corrected chi connectivity index (χ0v) is 16.3. The monoisotopic (exact) mass is 372 g/mol. The number of benzene rings is 2. The Hall–Kier alpha value is -3.05. The smallest absolute Gasteiger partial charge is 0.256 e. The van der Waals surface area contributed by atoms with Crippen molar-refractivity contribution in [1.29, 1.82) is 0 Å². The van der Waals surface area contributed by atoms with Gasteiger partial charge in [0.25, 0.3) is 5.91 Å². The molecule has 2 aromatic carbocycles. The first-order valence-corrected chi connectivity index (χ1v) is 9.77. The molecule has 1 amide bonds. The van der Waals surface area contributed by atoms with Crippen molar-refractivity contribution in [2.75, 3.05) is 43.4 Å². The maximum absolute atomic E-state index is 12.7. The molecule has 0 bridgehead atoms. The highest BCUT2D eigenvalue weighted by Gasteiger charge is 2.27. The van der Waals surface area contributed by atoms with Gasteiger partial charge >= 0.3 is 0 Å². The Morgan fingerprint density at radius 2 is 1.64 bits per heavy atom. The molecule has 2 aliphatic rings. The third kappa shape index (κ3) is 2.62. The van der Waals surface area contributed by atoms with Crippen molar-refractivity contribution in [2.24, 2.45) is 7.05 Å². The first-order valence-electron chi connectivity index (χ1n) is 9.77. The van der Waals surface area contributed by atoms with E-state index < -0.39 is 0 Å². The molecular weight excluding hydrogens is 348 g/mol. The molecule has 5 nitrogen and oxygen atoms in total. The molecule has 3 aromatic rings. The van der Waals surface area contributed by atoms with E-state index in [0.717, 1.165) is 48.6 Å². The van der Waals surface area contributed by atoms with Crippen LogP contribution in [0.25, 0.3) is 22.6 Å². The van der Waals surface area contributed by atoms with E-state index in [1.54, 1.807) is 0 Å². The van der Waals surface area contributed by atoms with Crippen LogP contribution >= 0.6 is 0 Å². The van der Waals surface area contributed by atoms with Gasteiger partial charge in [-0.2, -0.15) is 0 Å². The van der Waals surface area contributed by atoms with E-state index >= 15 is 0 Å². The van der Waals surface area contributed by atoms with Gasteiger partial charge in [0.05, 0.1) is 0 Å². The van der Waals surface area contributed by atoms with Gasteiger partial charge in [-0.25, -0.2) is 0 Å². The highest BCUT2D eigenvalue weighted by atomic mass is 16.2. The summed E-state index contributed by atoms with van der Waals surface area (Å²) in [5.74, 6) is 1.16. The van der Waals surface area contributed by atoms with Crippen molar-refractivity contribution in [2.45, 2.75) is 0 Å². The van der Waals surface area contributed by atoms with E-state index in [-0.39, 0.29) is 5.91 Å². The van der Waals surface area contributed by atoms with Gasteiger partial charge in [0, 0.05) is 66.5 Å².